The highest BCUT2D eigenvalue weighted by molar-refractivity contribution is 5.98. The number of ether oxygens (including phenoxy) is 2. The number of fused-ring (bicyclic) bond motifs is 3. The fourth-order valence-electron chi connectivity index (χ4n) is 3.70. The van der Waals surface area contributed by atoms with E-state index in [2.05, 4.69) is 13.8 Å². The van der Waals surface area contributed by atoms with Crippen LogP contribution in [0.5, 0.6) is 11.5 Å². The van der Waals surface area contributed by atoms with Crippen LogP contribution in [0.25, 0.3) is 21.8 Å². The van der Waals surface area contributed by atoms with Crippen LogP contribution in [0.4, 0.5) is 0 Å². The first-order valence-corrected chi connectivity index (χ1v) is 8.23. The minimum absolute atomic E-state index is 0.0168. The van der Waals surface area contributed by atoms with Crippen molar-refractivity contribution in [1.29, 1.82) is 0 Å². The third-order valence-corrected chi connectivity index (χ3v) is 4.99. The molecule has 4 rings (SSSR count). The van der Waals surface area contributed by atoms with Crippen molar-refractivity contribution in [3.05, 3.63) is 46.1 Å². The van der Waals surface area contributed by atoms with Crippen molar-refractivity contribution in [2.24, 2.45) is 7.05 Å². The van der Waals surface area contributed by atoms with E-state index in [1.54, 1.807) is 7.11 Å². The van der Waals surface area contributed by atoms with Crippen molar-refractivity contribution in [2.75, 3.05) is 7.11 Å². The van der Waals surface area contributed by atoms with Crippen molar-refractivity contribution in [2.45, 2.75) is 32.3 Å². The van der Waals surface area contributed by atoms with E-state index in [0.717, 1.165) is 35.2 Å². The molecule has 3 aromatic rings. The fourth-order valence-corrected chi connectivity index (χ4v) is 3.70. The van der Waals surface area contributed by atoms with Gasteiger partial charge < -0.3 is 14.0 Å². The lowest BCUT2D eigenvalue weighted by molar-refractivity contribution is 0.0839. The Morgan fingerprint density at radius 3 is 2.71 bits per heavy atom. The number of nitrogens with zero attached hydrogens (tertiary/aromatic N) is 1. The summed E-state index contributed by atoms with van der Waals surface area (Å²) in [6.07, 6.45) is 1.74. The SMILES string of the molecule is COc1c2c(cc3c1c(=O)c1ccccc1n3C)OC(C)(C)CC2. The number of para-hydroxylation sites is 1. The van der Waals surface area contributed by atoms with E-state index in [-0.39, 0.29) is 11.0 Å². The molecule has 0 fully saturated rings. The molecule has 0 N–H and O–H groups in total. The fraction of sp³-hybridized carbons (Fsp3) is 0.350. The number of hydrogen-bond acceptors (Lipinski definition) is 3. The van der Waals surface area contributed by atoms with E-state index in [1.165, 1.54) is 0 Å². The van der Waals surface area contributed by atoms with Crippen molar-refractivity contribution < 1.29 is 9.47 Å². The number of methoxy groups -OCH3 is 1. The molecule has 0 saturated heterocycles. The second-order valence-corrected chi connectivity index (χ2v) is 7.05. The van der Waals surface area contributed by atoms with Crippen molar-refractivity contribution in [1.82, 2.24) is 4.57 Å². The van der Waals surface area contributed by atoms with Gasteiger partial charge in [0.05, 0.1) is 23.5 Å². The second kappa shape index (κ2) is 5.00. The van der Waals surface area contributed by atoms with Crippen LogP contribution in [0.3, 0.4) is 0 Å². The predicted octanol–water partition coefficient (Wildman–Crippen LogP) is 3.80. The monoisotopic (exact) mass is 323 g/mol. The van der Waals surface area contributed by atoms with Crippen LogP contribution in [-0.4, -0.2) is 17.3 Å². The van der Waals surface area contributed by atoms with Crippen LogP contribution in [0.15, 0.2) is 35.1 Å². The highest BCUT2D eigenvalue weighted by Gasteiger charge is 2.30. The van der Waals surface area contributed by atoms with Gasteiger partial charge in [-0.2, -0.15) is 0 Å². The quantitative estimate of drug-likeness (QED) is 0.640. The van der Waals surface area contributed by atoms with Gasteiger partial charge in [0.2, 0.25) is 5.43 Å². The summed E-state index contributed by atoms with van der Waals surface area (Å²) in [6, 6.07) is 9.67. The molecule has 124 valence electrons. The van der Waals surface area contributed by atoms with Gasteiger partial charge >= 0.3 is 0 Å². The molecule has 0 saturated carbocycles. The van der Waals surface area contributed by atoms with Crippen LogP contribution in [0.2, 0.25) is 0 Å². The number of pyridine rings is 1. The number of aromatic nitrogens is 1. The van der Waals surface area contributed by atoms with Gasteiger partial charge in [-0.1, -0.05) is 12.1 Å². The van der Waals surface area contributed by atoms with E-state index >= 15 is 0 Å². The molecule has 0 bridgehead atoms. The zero-order valence-corrected chi connectivity index (χ0v) is 14.5. The van der Waals surface area contributed by atoms with E-state index in [1.807, 2.05) is 41.9 Å². The summed E-state index contributed by atoms with van der Waals surface area (Å²) in [5.74, 6) is 1.48. The van der Waals surface area contributed by atoms with Crippen molar-refractivity contribution in [3.8, 4) is 11.5 Å². The second-order valence-electron chi connectivity index (χ2n) is 7.05. The van der Waals surface area contributed by atoms with E-state index in [0.29, 0.717) is 16.5 Å². The van der Waals surface area contributed by atoms with Crippen molar-refractivity contribution in [3.63, 3.8) is 0 Å². The number of benzene rings is 2. The Hall–Kier alpha value is -2.49. The molecule has 0 amide bonds. The Bertz CT molecular complexity index is 1030. The standard InChI is InChI=1S/C20H21NO3/c1-20(2)10-9-13-16(24-20)11-15-17(19(13)23-4)18(22)12-7-5-6-8-14(12)21(15)3/h5-8,11H,9-10H2,1-4H3. The van der Waals surface area contributed by atoms with Gasteiger partial charge in [-0.3, -0.25) is 4.79 Å². The molecule has 0 unspecified atom stereocenters. The molecule has 4 heteroatoms. The van der Waals surface area contributed by atoms with Crippen LogP contribution < -0.4 is 14.9 Å². The van der Waals surface area contributed by atoms with E-state index < -0.39 is 0 Å². The first kappa shape index (κ1) is 15.1. The normalized spacial score (nSPS) is 16.0. The topological polar surface area (TPSA) is 40.5 Å². The molecule has 1 aliphatic heterocycles. The van der Waals surface area contributed by atoms with Crippen molar-refractivity contribution >= 4 is 21.8 Å². The van der Waals surface area contributed by atoms with Gasteiger partial charge in [0.15, 0.2) is 0 Å². The largest absolute Gasteiger partial charge is 0.495 e. The Labute approximate surface area is 140 Å². The van der Waals surface area contributed by atoms with Gasteiger partial charge in [0.1, 0.15) is 17.1 Å². The Morgan fingerprint density at radius 1 is 1.21 bits per heavy atom. The molecule has 0 radical (unpaired) electrons. The molecule has 24 heavy (non-hydrogen) atoms. The van der Waals surface area contributed by atoms with Crippen LogP contribution in [0.1, 0.15) is 25.8 Å². The Balaban J connectivity index is 2.19. The molecule has 0 aliphatic carbocycles. The zero-order valence-electron chi connectivity index (χ0n) is 14.5. The van der Waals surface area contributed by atoms with E-state index in [9.17, 15) is 4.79 Å². The highest BCUT2D eigenvalue weighted by Crippen LogP contribution is 2.42. The summed E-state index contributed by atoms with van der Waals surface area (Å²) in [7, 11) is 3.60. The first-order valence-electron chi connectivity index (χ1n) is 8.23. The summed E-state index contributed by atoms with van der Waals surface area (Å²) in [5.41, 5.74) is 2.56. The summed E-state index contributed by atoms with van der Waals surface area (Å²) in [6.45, 7) is 4.18. The third kappa shape index (κ3) is 2.02. The third-order valence-electron chi connectivity index (χ3n) is 4.99. The maximum Gasteiger partial charge on any atom is 0.200 e. The minimum atomic E-state index is -0.207. The van der Waals surface area contributed by atoms with Gasteiger partial charge in [-0.15, -0.1) is 0 Å². The predicted molar refractivity (Wildman–Crippen MR) is 96.3 cm³/mol. The number of rotatable bonds is 1. The zero-order chi connectivity index (χ0) is 17.1. The van der Waals surface area contributed by atoms with Crippen LogP contribution in [-0.2, 0) is 13.5 Å². The van der Waals surface area contributed by atoms with Gasteiger partial charge in [-0.25, -0.2) is 0 Å². The summed E-state index contributed by atoms with van der Waals surface area (Å²) in [4.78, 5) is 13.1. The van der Waals surface area contributed by atoms with Gasteiger partial charge in [0.25, 0.3) is 0 Å². The molecule has 0 atom stereocenters. The maximum atomic E-state index is 13.1. The van der Waals surface area contributed by atoms with Gasteiger partial charge in [-0.05, 0) is 38.8 Å². The first-order chi connectivity index (χ1) is 11.4. The number of hydrogen-bond donors (Lipinski definition) is 0. The molecule has 1 aliphatic rings. The lowest BCUT2D eigenvalue weighted by atomic mass is 9.92. The van der Waals surface area contributed by atoms with Crippen LogP contribution >= 0.6 is 0 Å². The molecular weight excluding hydrogens is 302 g/mol. The number of aryl methyl sites for hydroxylation is 1. The molecule has 2 heterocycles. The minimum Gasteiger partial charge on any atom is -0.495 e. The Morgan fingerprint density at radius 2 is 1.96 bits per heavy atom. The van der Waals surface area contributed by atoms with E-state index in [4.69, 9.17) is 9.47 Å². The molecule has 1 aromatic heterocycles. The average molecular weight is 323 g/mol. The summed E-state index contributed by atoms with van der Waals surface area (Å²) in [5, 5.41) is 1.35. The molecule has 2 aromatic carbocycles. The van der Waals surface area contributed by atoms with Gasteiger partial charge in [0, 0.05) is 24.1 Å². The maximum absolute atomic E-state index is 13.1. The average Bonchev–Trinajstić information content (AvgIpc) is 2.57. The lowest BCUT2D eigenvalue weighted by Crippen LogP contribution is -2.33. The lowest BCUT2D eigenvalue weighted by Gasteiger charge is -2.33. The molecule has 4 nitrogen and oxygen atoms in total. The molecular formula is C20H21NO3. The summed E-state index contributed by atoms with van der Waals surface area (Å²) >= 11 is 0. The summed E-state index contributed by atoms with van der Waals surface area (Å²) < 4.78 is 13.9. The Kier molecular flexibility index (Phi) is 3.14. The highest BCUT2D eigenvalue weighted by atomic mass is 16.5. The smallest absolute Gasteiger partial charge is 0.200 e. The molecule has 0 spiro atoms. The van der Waals surface area contributed by atoms with Crippen LogP contribution in [0, 0.1) is 0 Å².